The van der Waals surface area contributed by atoms with Gasteiger partial charge < -0.3 is 15.0 Å². The standard InChI is InChI=1S/C18H19BrN6O2/c19-13-1-3-14(4-2-13)20-18(26)8-7-16-22-21-15-5-6-17(23-25(15)16)24-9-11-27-12-10-24/h1-6H,7-12H2,(H,20,26). The molecule has 4 rings (SSSR count). The number of nitrogens with zero attached hydrogens (tertiary/aromatic N) is 5. The van der Waals surface area contributed by atoms with Crippen molar-refractivity contribution >= 4 is 39.0 Å². The van der Waals surface area contributed by atoms with E-state index < -0.39 is 0 Å². The van der Waals surface area contributed by atoms with Crippen molar-refractivity contribution < 1.29 is 9.53 Å². The van der Waals surface area contributed by atoms with Crippen LogP contribution in [0.2, 0.25) is 0 Å². The molecule has 140 valence electrons. The molecule has 8 nitrogen and oxygen atoms in total. The van der Waals surface area contributed by atoms with E-state index in [-0.39, 0.29) is 5.91 Å². The van der Waals surface area contributed by atoms with E-state index in [9.17, 15) is 4.79 Å². The van der Waals surface area contributed by atoms with Gasteiger partial charge in [-0.2, -0.15) is 4.52 Å². The number of anilines is 2. The smallest absolute Gasteiger partial charge is 0.224 e. The van der Waals surface area contributed by atoms with Crippen molar-refractivity contribution in [2.75, 3.05) is 36.5 Å². The number of hydrogen-bond donors (Lipinski definition) is 1. The number of aryl methyl sites for hydroxylation is 1. The Morgan fingerprint density at radius 3 is 2.67 bits per heavy atom. The van der Waals surface area contributed by atoms with E-state index in [2.05, 4.69) is 41.4 Å². The van der Waals surface area contributed by atoms with E-state index >= 15 is 0 Å². The molecule has 0 spiro atoms. The summed E-state index contributed by atoms with van der Waals surface area (Å²) in [5.74, 6) is 1.47. The topological polar surface area (TPSA) is 84.7 Å². The number of benzene rings is 1. The lowest BCUT2D eigenvalue weighted by molar-refractivity contribution is -0.116. The third kappa shape index (κ3) is 4.25. The molecule has 0 aliphatic carbocycles. The first kappa shape index (κ1) is 17.9. The maximum atomic E-state index is 12.2. The van der Waals surface area contributed by atoms with Gasteiger partial charge in [0.25, 0.3) is 0 Å². The van der Waals surface area contributed by atoms with Gasteiger partial charge in [0, 0.05) is 36.1 Å². The quantitative estimate of drug-likeness (QED) is 0.668. The summed E-state index contributed by atoms with van der Waals surface area (Å²) in [5, 5.41) is 15.9. The highest BCUT2D eigenvalue weighted by Crippen LogP contribution is 2.16. The van der Waals surface area contributed by atoms with Crippen molar-refractivity contribution in [2.24, 2.45) is 0 Å². The molecule has 2 aromatic heterocycles. The molecule has 0 saturated carbocycles. The minimum absolute atomic E-state index is 0.0709. The van der Waals surface area contributed by atoms with Gasteiger partial charge in [0.2, 0.25) is 5.91 Å². The van der Waals surface area contributed by atoms with E-state index in [1.807, 2.05) is 36.4 Å². The fourth-order valence-corrected chi connectivity index (χ4v) is 3.19. The van der Waals surface area contributed by atoms with Gasteiger partial charge in [-0.25, -0.2) is 0 Å². The van der Waals surface area contributed by atoms with Gasteiger partial charge in [0.05, 0.1) is 13.2 Å². The van der Waals surface area contributed by atoms with E-state index in [0.717, 1.165) is 29.1 Å². The number of nitrogens with one attached hydrogen (secondary N) is 1. The van der Waals surface area contributed by atoms with E-state index in [1.54, 1.807) is 4.52 Å². The van der Waals surface area contributed by atoms with E-state index in [0.29, 0.717) is 37.5 Å². The molecule has 0 radical (unpaired) electrons. The van der Waals surface area contributed by atoms with Crippen LogP contribution in [0.1, 0.15) is 12.2 Å². The molecule has 1 aliphatic heterocycles. The Morgan fingerprint density at radius 1 is 1.11 bits per heavy atom. The number of amides is 1. The first-order valence-corrected chi connectivity index (χ1v) is 9.58. The molecule has 0 unspecified atom stereocenters. The van der Waals surface area contributed by atoms with Gasteiger partial charge in [-0.3, -0.25) is 4.79 Å². The molecule has 1 aromatic carbocycles. The summed E-state index contributed by atoms with van der Waals surface area (Å²) in [4.78, 5) is 14.4. The highest BCUT2D eigenvalue weighted by Gasteiger charge is 2.15. The van der Waals surface area contributed by atoms with Gasteiger partial charge in [-0.1, -0.05) is 15.9 Å². The maximum Gasteiger partial charge on any atom is 0.224 e. The molecule has 1 saturated heterocycles. The zero-order chi connectivity index (χ0) is 18.6. The Hall–Kier alpha value is -2.52. The summed E-state index contributed by atoms with van der Waals surface area (Å²) < 4.78 is 8.08. The number of halogens is 1. The van der Waals surface area contributed by atoms with Gasteiger partial charge in [-0.05, 0) is 36.4 Å². The average Bonchev–Trinajstić information content (AvgIpc) is 3.11. The van der Waals surface area contributed by atoms with Crippen molar-refractivity contribution in [3.05, 3.63) is 46.7 Å². The molecule has 1 N–H and O–H groups in total. The number of aromatic nitrogens is 4. The molecule has 3 heterocycles. The Balaban J connectivity index is 1.43. The van der Waals surface area contributed by atoms with Gasteiger partial charge in [0.15, 0.2) is 11.5 Å². The Morgan fingerprint density at radius 2 is 1.89 bits per heavy atom. The second kappa shape index (κ2) is 8.01. The van der Waals surface area contributed by atoms with Crippen molar-refractivity contribution in [3.8, 4) is 0 Å². The minimum atomic E-state index is -0.0709. The summed E-state index contributed by atoms with van der Waals surface area (Å²) >= 11 is 3.38. The van der Waals surface area contributed by atoms with Gasteiger partial charge >= 0.3 is 0 Å². The van der Waals surface area contributed by atoms with Crippen LogP contribution < -0.4 is 10.2 Å². The lowest BCUT2D eigenvalue weighted by Gasteiger charge is -2.27. The minimum Gasteiger partial charge on any atom is -0.378 e. The molecular weight excluding hydrogens is 412 g/mol. The Bertz CT molecular complexity index is 937. The molecular formula is C18H19BrN6O2. The Kier molecular flexibility index (Phi) is 5.30. The second-order valence-corrected chi connectivity index (χ2v) is 7.15. The maximum absolute atomic E-state index is 12.2. The molecule has 1 aliphatic rings. The zero-order valence-corrected chi connectivity index (χ0v) is 16.2. The Labute approximate surface area is 164 Å². The summed E-state index contributed by atoms with van der Waals surface area (Å²) in [6.45, 7) is 3.02. The largest absolute Gasteiger partial charge is 0.378 e. The third-order valence-corrected chi connectivity index (χ3v) is 4.88. The van der Waals surface area contributed by atoms with Crippen LogP contribution in [0.3, 0.4) is 0 Å². The van der Waals surface area contributed by atoms with Crippen molar-refractivity contribution in [1.29, 1.82) is 0 Å². The van der Waals surface area contributed by atoms with Crippen LogP contribution in [0, 0.1) is 0 Å². The fraction of sp³-hybridized carbons (Fsp3) is 0.333. The monoisotopic (exact) mass is 430 g/mol. The number of carbonyl (C=O) groups is 1. The molecule has 1 fully saturated rings. The van der Waals surface area contributed by atoms with Crippen LogP contribution in [0.4, 0.5) is 11.5 Å². The number of ether oxygens (including phenoxy) is 1. The van der Waals surface area contributed by atoms with Crippen LogP contribution in [0.25, 0.3) is 5.65 Å². The van der Waals surface area contributed by atoms with Crippen LogP contribution in [-0.2, 0) is 16.0 Å². The van der Waals surface area contributed by atoms with Crippen molar-refractivity contribution in [2.45, 2.75) is 12.8 Å². The second-order valence-electron chi connectivity index (χ2n) is 6.23. The number of morpholine rings is 1. The van der Waals surface area contributed by atoms with E-state index in [4.69, 9.17) is 4.74 Å². The first-order valence-electron chi connectivity index (χ1n) is 8.78. The van der Waals surface area contributed by atoms with E-state index in [1.165, 1.54) is 0 Å². The predicted octanol–water partition coefficient (Wildman–Crippen LogP) is 2.29. The third-order valence-electron chi connectivity index (χ3n) is 4.35. The van der Waals surface area contributed by atoms with Crippen LogP contribution >= 0.6 is 15.9 Å². The fourth-order valence-electron chi connectivity index (χ4n) is 2.92. The molecule has 27 heavy (non-hydrogen) atoms. The van der Waals surface area contributed by atoms with Crippen LogP contribution in [-0.4, -0.2) is 52.0 Å². The molecule has 1 amide bonds. The average molecular weight is 431 g/mol. The number of rotatable bonds is 5. The molecule has 9 heteroatoms. The summed E-state index contributed by atoms with van der Waals surface area (Å²) in [7, 11) is 0. The summed E-state index contributed by atoms with van der Waals surface area (Å²) in [6.07, 6.45) is 0.767. The number of carbonyl (C=O) groups excluding carboxylic acids is 1. The number of fused-ring (bicyclic) bond motifs is 1. The van der Waals surface area contributed by atoms with Crippen LogP contribution in [0.15, 0.2) is 40.9 Å². The highest BCUT2D eigenvalue weighted by molar-refractivity contribution is 9.10. The van der Waals surface area contributed by atoms with Crippen molar-refractivity contribution in [1.82, 2.24) is 19.8 Å². The molecule has 3 aromatic rings. The number of hydrogen-bond acceptors (Lipinski definition) is 6. The SMILES string of the molecule is O=C(CCc1nnc2ccc(N3CCOCC3)nn12)Nc1ccc(Br)cc1. The van der Waals surface area contributed by atoms with Crippen LogP contribution in [0.5, 0.6) is 0 Å². The highest BCUT2D eigenvalue weighted by atomic mass is 79.9. The van der Waals surface area contributed by atoms with Crippen molar-refractivity contribution in [3.63, 3.8) is 0 Å². The van der Waals surface area contributed by atoms with Gasteiger partial charge in [-0.15, -0.1) is 15.3 Å². The lowest BCUT2D eigenvalue weighted by atomic mass is 10.2. The molecule has 0 atom stereocenters. The van der Waals surface area contributed by atoms with Gasteiger partial charge in [0.1, 0.15) is 5.82 Å². The predicted molar refractivity (Wildman–Crippen MR) is 105 cm³/mol. The summed E-state index contributed by atoms with van der Waals surface area (Å²) in [6, 6.07) is 11.3. The lowest BCUT2D eigenvalue weighted by Crippen LogP contribution is -2.37. The normalized spacial score (nSPS) is 14.5. The summed E-state index contributed by atoms with van der Waals surface area (Å²) in [5.41, 5.74) is 1.44. The zero-order valence-electron chi connectivity index (χ0n) is 14.6. The molecule has 0 bridgehead atoms. The first-order chi connectivity index (χ1) is 13.2.